The number of hydrogen-bond acceptors (Lipinski definition) is 7. The maximum Gasteiger partial charge on any atom is 0.237 e. The number of nitrogens with zero attached hydrogens (tertiary/aromatic N) is 5. The Morgan fingerprint density at radius 3 is 3.00 bits per heavy atom. The van der Waals surface area contributed by atoms with E-state index in [2.05, 4.69) is 31.4 Å². The van der Waals surface area contributed by atoms with Crippen molar-refractivity contribution in [2.24, 2.45) is 7.05 Å². The third-order valence-electron chi connectivity index (χ3n) is 4.20. The molecule has 0 aliphatic heterocycles. The Labute approximate surface area is 162 Å². The average Bonchev–Trinajstić information content (AvgIpc) is 3.47. The SMILES string of the molecule is Cn1c(SCc2nc(-c3cccs3)no2)nnc1-c1c[nH]c2ccccc12. The summed E-state index contributed by atoms with van der Waals surface area (Å²) in [6.45, 7) is 0. The van der Waals surface area contributed by atoms with Gasteiger partial charge in [0.15, 0.2) is 11.0 Å². The van der Waals surface area contributed by atoms with Gasteiger partial charge in [-0.05, 0) is 17.5 Å². The largest absolute Gasteiger partial charge is 0.360 e. The van der Waals surface area contributed by atoms with E-state index < -0.39 is 0 Å². The Morgan fingerprint density at radius 2 is 2.11 bits per heavy atom. The van der Waals surface area contributed by atoms with Gasteiger partial charge in [0.2, 0.25) is 11.7 Å². The molecule has 27 heavy (non-hydrogen) atoms. The summed E-state index contributed by atoms with van der Waals surface area (Å²) in [5, 5.41) is 16.7. The van der Waals surface area contributed by atoms with Crippen molar-refractivity contribution in [1.82, 2.24) is 29.9 Å². The van der Waals surface area contributed by atoms with Crippen LogP contribution in [0.4, 0.5) is 0 Å². The van der Waals surface area contributed by atoms with Crippen molar-refractivity contribution < 1.29 is 4.52 Å². The van der Waals surface area contributed by atoms with E-state index in [9.17, 15) is 0 Å². The lowest BCUT2D eigenvalue weighted by atomic mass is 10.1. The van der Waals surface area contributed by atoms with E-state index in [1.54, 1.807) is 11.3 Å². The number of hydrogen-bond donors (Lipinski definition) is 1. The third kappa shape index (κ3) is 2.94. The average molecular weight is 394 g/mol. The monoisotopic (exact) mass is 394 g/mol. The third-order valence-corrected chi connectivity index (χ3v) is 6.07. The summed E-state index contributed by atoms with van der Waals surface area (Å²) in [7, 11) is 1.96. The maximum absolute atomic E-state index is 5.35. The maximum atomic E-state index is 5.35. The predicted octanol–water partition coefficient (Wildman–Crippen LogP) is 4.37. The molecule has 0 aliphatic carbocycles. The first-order valence-corrected chi connectivity index (χ1v) is 10.1. The minimum Gasteiger partial charge on any atom is -0.360 e. The van der Waals surface area contributed by atoms with Gasteiger partial charge in [-0.25, -0.2) is 0 Å². The molecule has 0 bridgehead atoms. The van der Waals surface area contributed by atoms with Crippen LogP contribution in [0.3, 0.4) is 0 Å². The summed E-state index contributed by atoms with van der Waals surface area (Å²) in [5.41, 5.74) is 2.11. The Kier molecular flexibility index (Phi) is 4.02. The highest BCUT2D eigenvalue weighted by Crippen LogP contribution is 2.30. The van der Waals surface area contributed by atoms with E-state index in [0.717, 1.165) is 32.3 Å². The zero-order valence-corrected chi connectivity index (χ0v) is 15.9. The second-order valence-electron chi connectivity index (χ2n) is 5.89. The molecule has 0 amide bonds. The number of nitrogens with one attached hydrogen (secondary N) is 1. The number of benzene rings is 1. The van der Waals surface area contributed by atoms with Crippen LogP contribution in [0.15, 0.2) is 57.7 Å². The first-order chi connectivity index (χ1) is 13.3. The second kappa shape index (κ2) is 6.67. The van der Waals surface area contributed by atoms with E-state index in [1.165, 1.54) is 11.8 Å². The lowest BCUT2D eigenvalue weighted by molar-refractivity contribution is 0.391. The summed E-state index contributed by atoms with van der Waals surface area (Å²) in [6.07, 6.45) is 1.97. The quantitative estimate of drug-likeness (QED) is 0.446. The fourth-order valence-corrected chi connectivity index (χ4v) is 4.28. The number of fused-ring (bicyclic) bond motifs is 1. The zero-order chi connectivity index (χ0) is 18.2. The molecule has 1 aromatic carbocycles. The van der Waals surface area contributed by atoms with Gasteiger partial charge in [0, 0.05) is 29.7 Å². The van der Waals surface area contributed by atoms with Gasteiger partial charge in [0.25, 0.3) is 0 Å². The summed E-state index contributed by atoms with van der Waals surface area (Å²) in [6, 6.07) is 12.1. The van der Waals surface area contributed by atoms with Crippen LogP contribution in [0.2, 0.25) is 0 Å². The molecule has 9 heteroatoms. The highest BCUT2D eigenvalue weighted by molar-refractivity contribution is 7.98. The molecular weight excluding hydrogens is 380 g/mol. The van der Waals surface area contributed by atoms with Crippen LogP contribution in [-0.2, 0) is 12.8 Å². The molecule has 0 spiro atoms. The van der Waals surface area contributed by atoms with E-state index in [1.807, 2.05) is 53.5 Å². The number of rotatable bonds is 5. The van der Waals surface area contributed by atoms with Crippen LogP contribution in [0.1, 0.15) is 5.89 Å². The van der Waals surface area contributed by atoms with Crippen LogP contribution in [0.5, 0.6) is 0 Å². The summed E-state index contributed by atoms with van der Waals surface area (Å²) >= 11 is 3.11. The van der Waals surface area contributed by atoms with E-state index in [0.29, 0.717) is 17.5 Å². The molecule has 0 saturated heterocycles. The highest BCUT2D eigenvalue weighted by atomic mass is 32.2. The van der Waals surface area contributed by atoms with E-state index in [4.69, 9.17) is 4.52 Å². The highest BCUT2D eigenvalue weighted by Gasteiger charge is 2.16. The lowest BCUT2D eigenvalue weighted by Crippen LogP contribution is -1.94. The zero-order valence-electron chi connectivity index (χ0n) is 14.3. The molecule has 0 radical (unpaired) electrons. The molecule has 0 fully saturated rings. The van der Waals surface area contributed by atoms with Crippen molar-refractivity contribution in [3.63, 3.8) is 0 Å². The number of aromatic nitrogens is 6. The molecule has 4 aromatic heterocycles. The van der Waals surface area contributed by atoms with Gasteiger partial charge >= 0.3 is 0 Å². The van der Waals surface area contributed by atoms with Crippen molar-refractivity contribution in [2.75, 3.05) is 0 Å². The first kappa shape index (κ1) is 16.3. The second-order valence-corrected chi connectivity index (χ2v) is 7.78. The van der Waals surface area contributed by atoms with Crippen molar-refractivity contribution >= 4 is 34.0 Å². The molecule has 5 rings (SSSR count). The Balaban J connectivity index is 1.37. The molecular formula is C18H14N6OS2. The van der Waals surface area contributed by atoms with Crippen molar-refractivity contribution in [1.29, 1.82) is 0 Å². The number of para-hydroxylation sites is 1. The Hall–Kier alpha value is -2.91. The molecule has 4 heterocycles. The molecule has 0 atom stereocenters. The van der Waals surface area contributed by atoms with Gasteiger partial charge in [-0.2, -0.15) is 4.98 Å². The van der Waals surface area contributed by atoms with Crippen LogP contribution in [-0.4, -0.2) is 29.9 Å². The van der Waals surface area contributed by atoms with E-state index in [-0.39, 0.29) is 0 Å². The number of thioether (sulfide) groups is 1. The van der Waals surface area contributed by atoms with Crippen LogP contribution in [0.25, 0.3) is 33.0 Å². The van der Waals surface area contributed by atoms with Gasteiger partial charge in [-0.1, -0.05) is 41.2 Å². The summed E-state index contributed by atoms with van der Waals surface area (Å²) < 4.78 is 7.33. The van der Waals surface area contributed by atoms with Gasteiger partial charge in [0.05, 0.1) is 10.6 Å². The van der Waals surface area contributed by atoms with Gasteiger partial charge in [-0.3, -0.25) is 0 Å². The minimum atomic E-state index is 0.540. The number of aromatic amines is 1. The fourth-order valence-electron chi connectivity index (χ4n) is 2.88. The standard InChI is InChI=1S/C18H14N6OS2/c1-24-17(12-9-19-13-6-3-2-5-11(12)13)21-22-18(24)27-10-15-20-16(23-25-15)14-7-4-8-26-14/h2-9,19H,10H2,1H3. The van der Waals surface area contributed by atoms with Gasteiger partial charge in [0.1, 0.15) is 0 Å². The molecule has 0 saturated carbocycles. The summed E-state index contributed by atoms with van der Waals surface area (Å²) in [4.78, 5) is 8.72. The molecule has 1 N–H and O–H groups in total. The normalized spacial score (nSPS) is 11.4. The van der Waals surface area contributed by atoms with Crippen LogP contribution < -0.4 is 0 Å². The minimum absolute atomic E-state index is 0.540. The summed E-state index contributed by atoms with van der Waals surface area (Å²) in [5.74, 6) is 2.55. The Morgan fingerprint density at radius 1 is 1.19 bits per heavy atom. The van der Waals surface area contributed by atoms with Gasteiger partial charge < -0.3 is 14.1 Å². The van der Waals surface area contributed by atoms with Gasteiger partial charge in [-0.15, -0.1) is 21.5 Å². The Bertz CT molecular complexity index is 1200. The van der Waals surface area contributed by atoms with Crippen molar-refractivity contribution in [3.05, 3.63) is 53.9 Å². The molecule has 134 valence electrons. The van der Waals surface area contributed by atoms with E-state index >= 15 is 0 Å². The smallest absolute Gasteiger partial charge is 0.237 e. The van der Waals surface area contributed by atoms with Crippen LogP contribution in [0, 0.1) is 0 Å². The number of thiophene rings is 1. The molecule has 0 unspecified atom stereocenters. The molecule has 0 aliphatic rings. The first-order valence-electron chi connectivity index (χ1n) is 8.25. The lowest BCUT2D eigenvalue weighted by Gasteiger charge is -2.01. The fraction of sp³-hybridized carbons (Fsp3) is 0.111. The predicted molar refractivity (Wildman–Crippen MR) is 105 cm³/mol. The number of H-pyrrole nitrogens is 1. The molecule has 7 nitrogen and oxygen atoms in total. The van der Waals surface area contributed by atoms with Crippen molar-refractivity contribution in [3.8, 4) is 22.1 Å². The topological polar surface area (TPSA) is 85.4 Å². The molecule has 5 aromatic rings. The van der Waals surface area contributed by atoms with Crippen molar-refractivity contribution in [2.45, 2.75) is 10.9 Å². The van der Waals surface area contributed by atoms with Crippen LogP contribution >= 0.6 is 23.1 Å².